The summed E-state index contributed by atoms with van der Waals surface area (Å²) >= 11 is 0. The molecule has 19 heavy (non-hydrogen) atoms. The highest BCUT2D eigenvalue weighted by Crippen LogP contribution is 2.21. The van der Waals surface area contributed by atoms with Gasteiger partial charge in [-0.25, -0.2) is 0 Å². The fourth-order valence-electron chi connectivity index (χ4n) is 2.38. The summed E-state index contributed by atoms with van der Waals surface area (Å²) in [6.45, 7) is 5.77. The third-order valence-electron chi connectivity index (χ3n) is 3.45. The van der Waals surface area contributed by atoms with E-state index in [-0.39, 0.29) is 0 Å². The minimum absolute atomic E-state index is 0.319. The maximum atomic E-state index is 10.1. The van der Waals surface area contributed by atoms with Crippen molar-refractivity contribution < 1.29 is 9.90 Å². The number of amides is 1. The van der Waals surface area contributed by atoms with E-state index < -0.39 is 0 Å². The molecule has 0 radical (unpaired) electrons. The van der Waals surface area contributed by atoms with Crippen LogP contribution in [0.25, 0.3) is 0 Å². The zero-order chi connectivity index (χ0) is 13.5. The molecule has 0 bridgehead atoms. The summed E-state index contributed by atoms with van der Waals surface area (Å²) in [6.07, 6.45) is 1.74. The van der Waals surface area contributed by atoms with Gasteiger partial charge in [-0.1, -0.05) is 6.07 Å². The van der Waals surface area contributed by atoms with Gasteiger partial charge in [-0.05, 0) is 25.1 Å². The summed E-state index contributed by atoms with van der Waals surface area (Å²) in [6, 6.07) is 7.41. The Morgan fingerprint density at radius 2 is 2.05 bits per heavy atom. The van der Waals surface area contributed by atoms with Crippen molar-refractivity contribution in [2.75, 3.05) is 44.2 Å². The molecule has 0 saturated carbocycles. The third-order valence-corrected chi connectivity index (χ3v) is 3.45. The Labute approximate surface area is 113 Å². The van der Waals surface area contributed by atoms with Crippen LogP contribution in [0.4, 0.5) is 5.69 Å². The van der Waals surface area contributed by atoms with Gasteiger partial charge in [0.1, 0.15) is 5.75 Å². The molecule has 1 saturated heterocycles. The summed E-state index contributed by atoms with van der Waals surface area (Å²) in [7, 11) is 0. The average Bonchev–Trinajstić information content (AvgIpc) is 2.44. The Morgan fingerprint density at radius 1 is 1.26 bits per heavy atom. The molecule has 104 valence electrons. The molecular formula is C14H21N3O2. The molecular weight excluding hydrogens is 242 g/mol. The van der Waals surface area contributed by atoms with Crippen LogP contribution in [0.3, 0.4) is 0 Å². The third kappa shape index (κ3) is 4.13. The number of benzene rings is 1. The average molecular weight is 263 g/mol. The zero-order valence-corrected chi connectivity index (χ0v) is 11.1. The lowest BCUT2D eigenvalue weighted by Gasteiger charge is -2.36. The van der Waals surface area contributed by atoms with Crippen LogP contribution < -0.4 is 10.2 Å². The van der Waals surface area contributed by atoms with Crippen LogP contribution in [0, 0.1) is 0 Å². The number of carbonyl (C=O) groups is 1. The molecule has 0 aromatic heterocycles. The Morgan fingerprint density at radius 3 is 2.74 bits per heavy atom. The summed E-state index contributed by atoms with van der Waals surface area (Å²) in [5.74, 6) is 0.319. The van der Waals surface area contributed by atoms with Gasteiger partial charge in [0.2, 0.25) is 6.41 Å². The number of phenols is 1. The molecule has 1 fully saturated rings. The van der Waals surface area contributed by atoms with Crippen molar-refractivity contribution in [1.29, 1.82) is 0 Å². The molecule has 0 spiro atoms. The molecule has 2 rings (SSSR count). The SMILES string of the molecule is O=CNCCCN1CCN(c2cccc(O)c2)CC1. The van der Waals surface area contributed by atoms with Crippen molar-refractivity contribution in [2.24, 2.45) is 0 Å². The highest BCUT2D eigenvalue weighted by atomic mass is 16.3. The first kappa shape index (κ1) is 13.7. The van der Waals surface area contributed by atoms with Gasteiger partial charge < -0.3 is 15.3 Å². The number of carbonyl (C=O) groups excluding carboxylic acids is 1. The second kappa shape index (κ2) is 6.99. The van der Waals surface area contributed by atoms with Crippen LogP contribution in [0.15, 0.2) is 24.3 Å². The first-order valence-electron chi connectivity index (χ1n) is 6.73. The first-order valence-corrected chi connectivity index (χ1v) is 6.73. The number of nitrogens with zero attached hydrogens (tertiary/aromatic N) is 2. The highest BCUT2D eigenvalue weighted by molar-refractivity contribution is 5.50. The molecule has 1 amide bonds. The number of anilines is 1. The van der Waals surface area contributed by atoms with Crippen molar-refractivity contribution in [3.63, 3.8) is 0 Å². The summed E-state index contributed by atoms with van der Waals surface area (Å²) in [4.78, 5) is 14.8. The lowest BCUT2D eigenvalue weighted by Crippen LogP contribution is -2.46. The molecule has 1 heterocycles. The van der Waals surface area contributed by atoms with Crippen LogP contribution >= 0.6 is 0 Å². The molecule has 0 aliphatic carbocycles. The number of nitrogens with one attached hydrogen (secondary N) is 1. The summed E-state index contributed by atoms with van der Waals surface area (Å²) < 4.78 is 0. The number of rotatable bonds is 6. The van der Waals surface area contributed by atoms with Crippen LogP contribution in [0.1, 0.15) is 6.42 Å². The van der Waals surface area contributed by atoms with Gasteiger partial charge >= 0.3 is 0 Å². The van der Waals surface area contributed by atoms with Gasteiger partial charge in [-0.3, -0.25) is 9.69 Å². The maximum absolute atomic E-state index is 10.1. The van der Waals surface area contributed by atoms with Gasteiger partial charge in [0, 0.05) is 44.5 Å². The Balaban J connectivity index is 1.74. The van der Waals surface area contributed by atoms with E-state index in [0.29, 0.717) is 5.75 Å². The predicted octanol–water partition coefficient (Wildman–Crippen LogP) is 0.650. The second-order valence-corrected chi connectivity index (χ2v) is 4.77. The van der Waals surface area contributed by atoms with Gasteiger partial charge in [0.05, 0.1) is 0 Å². The van der Waals surface area contributed by atoms with E-state index >= 15 is 0 Å². The normalized spacial score (nSPS) is 16.3. The van der Waals surface area contributed by atoms with E-state index in [9.17, 15) is 9.90 Å². The minimum atomic E-state index is 0.319. The van der Waals surface area contributed by atoms with Crippen molar-refractivity contribution in [1.82, 2.24) is 10.2 Å². The summed E-state index contributed by atoms with van der Waals surface area (Å²) in [5, 5.41) is 12.2. The second-order valence-electron chi connectivity index (χ2n) is 4.77. The number of phenolic OH excluding ortho intramolecular Hbond substituents is 1. The number of hydrogen-bond acceptors (Lipinski definition) is 4. The largest absolute Gasteiger partial charge is 0.508 e. The number of aromatic hydroxyl groups is 1. The van der Waals surface area contributed by atoms with Crippen LogP contribution in [0.5, 0.6) is 5.75 Å². The molecule has 1 aliphatic heterocycles. The Bertz CT molecular complexity index is 403. The number of piperazine rings is 1. The van der Waals surface area contributed by atoms with Crippen LogP contribution in [-0.4, -0.2) is 55.7 Å². The zero-order valence-electron chi connectivity index (χ0n) is 11.1. The molecule has 0 unspecified atom stereocenters. The Hall–Kier alpha value is -1.75. The minimum Gasteiger partial charge on any atom is -0.508 e. The standard InChI is InChI=1S/C14H21N3O2/c18-12-15-5-2-6-16-7-9-17(10-8-16)13-3-1-4-14(19)11-13/h1,3-4,11-12,19H,2,5-10H2,(H,15,18). The maximum Gasteiger partial charge on any atom is 0.207 e. The van der Waals surface area contributed by atoms with Gasteiger partial charge in [-0.2, -0.15) is 0 Å². The lowest BCUT2D eigenvalue weighted by atomic mass is 10.2. The lowest BCUT2D eigenvalue weighted by molar-refractivity contribution is -0.109. The van der Waals surface area contributed by atoms with E-state index in [0.717, 1.165) is 57.8 Å². The van der Waals surface area contributed by atoms with Gasteiger partial charge in [0.15, 0.2) is 0 Å². The molecule has 1 aliphatic rings. The van der Waals surface area contributed by atoms with E-state index in [1.807, 2.05) is 18.2 Å². The topological polar surface area (TPSA) is 55.8 Å². The molecule has 5 heteroatoms. The fourth-order valence-corrected chi connectivity index (χ4v) is 2.38. The fraction of sp³-hybridized carbons (Fsp3) is 0.500. The van der Waals surface area contributed by atoms with Crippen molar-refractivity contribution in [3.8, 4) is 5.75 Å². The van der Waals surface area contributed by atoms with E-state index in [2.05, 4.69) is 15.1 Å². The van der Waals surface area contributed by atoms with Crippen molar-refractivity contribution in [2.45, 2.75) is 6.42 Å². The smallest absolute Gasteiger partial charge is 0.207 e. The predicted molar refractivity (Wildman–Crippen MR) is 75.4 cm³/mol. The molecule has 2 N–H and O–H groups in total. The monoisotopic (exact) mass is 263 g/mol. The van der Waals surface area contributed by atoms with Crippen molar-refractivity contribution in [3.05, 3.63) is 24.3 Å². The first-order chi connectivity index (χ1) is 9.29. The van der Waals surface area contributed by atoms with E-state index in [1.54, 1.807) is 6.07 Å². The van der Waals surface area contributed by atoms with Crippen LogP contribution in [0.2, 0.25) is 0 Å². The quantitative estimate of drug-likeness (QED) is 0.584. The highest BCUT2D eigenvalue weighted by Gasteiger charge is 2.16. The molecule has 0 atom stereocenters. The van der Waals surface area contributed by atoms with Crippen molar-refractivity contribution >= 4 is 12.1 Å². The van der Waals surface area contributed by atoms with E-state index in [1.165, 1.54) is 0 Å². The number of hydrogen-bond donors (Lipinski definition) is 2. The van der Waals surface area contributed by atoms with Gasteiger partial charge in [0.25, 0.3) is 0 Å². The molecule has 1 aromatic carbocycles. The van der Waals surface area contributed by atoms with E-state index in [4.69, 9.17) is 0 Å². The molecule has 5 nitrogen and oxygen atoms in total. The van der Waals surface area contributed by atoms with Gasteiger partial charge in [-0.15, -0.1) is 0 Å². The summed E-state index contributed by atoms with van der Waals surface area (Å²) in [5.41, 5.74) is 1.09. The molecule has 1 aromatic rings. The Kier molecular flexibility index (Phi) is 5.03. The van der Waals surface area contributed by atoms with Crippen LogP contribution in [-0.2, 0) is 4.79 Å².